The highest BCUT2D eigenvalue weighted by Crippen LogP contribution is 2.33. The lowest BCUT2D eigenvalue weighted by atomic mass is 9.82. The van der Waals surface area contributed by atoms with Crippen LogP contribution in [0.15, 0.2) is 12.2 Å². The van der Waals surface area contributed by atoms with Crippen molar-refractivity contribution in [3.8, 4) is 0 Å². The summed E-state index contributed by atoms with van der Waals surface area (Å²) in [4.78, 5) is 24.4. The van der Waals surface area contributed by atoms with Crippen molar-refractivity contribution in [1.82, 2.24) is 5.32 Å². The van der Waals surface area contributed by atoms with Gasteiger partial charge in [0.15, 0.2) is 12.1 Å². The van der Waals surface area contributed by atoms with Gasteiger partial charge in [-0.2, -0.15) is 0 Å². The van der Waals surface area contributed by atoms with Crippen LogP contribution in [0.5, 0.6) is 0 Å². The van der Waals surface area contributed by atoms with Gasteiger partial charge in [0, 0.05) is 1.43 Å². The number of Topliss-reactive ketones (excluding diaryl/α,β-unsaturated/α-hetero) is 1. The molecule has 6 nitrogen and oxygen atoms in total. The second-order valence-electron chi connectivity index (χ2n) is 7.06. The van der Waals surface area contributed by atoms with Gasteiger partial charge in [0.1, 0.15) is 6.10 Å². The van der Waals surface area contributed by atoms with E-state index >= 15 is 0 Å². The van der Waals surface area contributed by atoms with Gasteiger partial charge in [-0.1, -0.05) is 27.4 Å². The maximum atomic E-state index is 12.2. The first-order valence-electron chi connectivity index (χ1n) is 7.60. The highest BCUT2D eigenvalue weighted by molar-refractivity contribution is 6.00. The summed E-state index contributed by atoms with van der Waals surface area (Å²) in [6, 6.07) is -0.671. The molecule has 0 bridgehead atoms. The Kier molecular flexibility index (Phi) is 4.92. The molecule has 126 valence electrons. The zero-order chi connectivity index (χ0) is 16.5. The summed E-state index contributed by atoms with van der Waals surface area (Å²) in [7, 11) is 0. The van der Waals surface area contributed by atoms with E-state index < -0.39 is 17.6 Å². The molecule has 2 fully saturated rings. The lowest BCUT2D eigenvalue weighted by Crippen LogP contribution is -2.50. The van der Waals surface area contributed by atoms with Crippen molar-refractivity contribution in [2.24, 2.45) is 11.3 Å². The topological polar surface area (TPSA) is 73.9 Å². The fraction of sp³-hybridized carbons (Fsp3) is 0.750. The zero-order valence-electron chi connectivity index (χ0n) is 13.7. The second kappa shape index (κ2) is 6.38. The van der Waals surface area contributed by atoms with Crippen LogP contribution in [0.1, 0.15) is 35.5 Å². The number of carbonyl (C=O) groups excluding carboxylic acids is 2. The number of rotatable bonds is 4. The van der Waals surface area contributed by atoms with E-state index in [1.165, 1.54) is 0 Å². The SMILES string of the molecule is C=C(C)C(=O)C(NC(=O)OC1COC2OCCC12)C(C)(C)C.[HH]. The Morgan fingerprint density at radius 1 is 1.36 bits per heavy atom. The maximum absolute atomic E-state index is 12.2. The number of carbonyl (C=O) groups is 2. The number of nitrogens with one attached hydrogen (secondary N) is 1. The van der Waals surface area contributed by atoms with Crippen molar-refractivity contribution in [3.05, 3.63) is 12.2 Å². The summed E-state index contributed by atoms with van der Waals surface area (Å²) in [5.41, 5.74) is -0.0195. The normalized spacial score (nSPS) is 28.8. The van der Waals surface area contributed by atoms with Crippen LogP contribution in [0, 0.1) is 11.3 Å². The quantitative estimate of drug-likeness (QED) is 0.806. The molecule has 2 aliphatic heterocycles. The van der Waals surface area contributed by atoms with Crippen LogP contribution in [0.25, 0.3) is 0 Å². The fourth-order valence-corrected chi connectivity index (χ4v) is 2.76. The lowest BCUT2D eigenvalue weighted by molar-refractivity contribution is -0.119. The minimum Gasteiger partial charge on any atom is -0.443 e. The van der Waals surface area contributed by atoms with Crippen molar-refractivity contribution in [2.75, 3.05) is 13.2 Å². The minimum absolute atomic E-state index is 0. The van der Waals surface area contributed by atoms with Gasteiger partial charge in [0.2, 0.25) is 0 Å². The van der Waals surface area contributed by atoms with Crippen molar-refractivity contribution >= 4 is 11.9 Å². The van der Waals surface area contributed by atoms with E-state index in [1.54, 1.807) is 6.92 Å². The summed E-state index contributed by atoms with van der Waals surface area (Å²) in [5, 5.41) is 2.68. The van der Waals surface area contributed by atoms with Gasteiger partial charge >= 0.3 is 6.09 Å². The minimum atomic E-state index is -0.671. The molecule has 2 heterocycles. The molecule has 2 rings (SSSR count). The highest BCUT2D eigenvalue weighted by Gasteiger charge is 2.44. The molecule has 22 heavy (non-hydrogen) atoms. The van der Waals surface area contributed by atoms with Gasteiger partial charge in [0.05, 0.1) is 25.2 Å². The molecule has 1 N–H and O–H groups in total. The Hall–Kier alpha value is -1.40. The van der Waals surface area contributed by atoms with E-state index in [0.717, 1.165) is 6.42 Å². The van der Waals surface area contributed by atoms with Crippen LogP contribution in [0.3, 0.4) is 0 Å². The molecular weight excluding hydrogens is 286 g/mol. The van der Waals surface area contributed by atoms with Crippen molar-refractivity contribution < 1.29 is 25.2 Å². The molecule has 4 unspecified atom stereocenters. The number of fused-ring (bicyclic) bond motifs is 1. The summed E-state index contributed by atoms with van der Waals surface area (Å²) in [6.07, 6.45) is -0.382. The van der Waals surface area contributed by atoms with Crippen molar-refractivity contribution in [2.45, 2.75) is 52.6 Å². The standard InChI is InChI=1S/C16H25NO5.H2/c1-9(2)12(18)13(16(3,4)5)17-15(19)22-11-8-21-14-10(11)6-7-20-14;/h10-11,13-14H,1,6-8H2,2-5H3,(H,17,19);1H. The average Bonchev–Trinajstić information content (AvgIpc) is 2.98. The molecule has 0 saturated carbocycles. The molecule has 2 aliphatic rings. The van der Waals surface area contributed by atoms with Crippen LogP contribution in [0.2, 0.25) is 0 Å². The molecule has 0 aliphatic carbocycles. The third-order valence-corrected chi connectivity index (χ3v) is 4.05. The molecule has 2 saturated heterocycles. The average molecular weight is 313 g/mol. The predicted molar refractivity (Wildman–Crippen MR) is 82.4 cm³/mol. The largest absolute Gasteiger partial charge is 0.443 e. The third kappa shape index (κ3) is 3.67. The first-order chi connectivity index (χ1) is 10.2. The Bertz CT molecular complexity index is 474. The smallest absolute Gasteiger partial charge is 0.408 e. The lowest BCUT2D eigenvalue weighted by Gasteiger charge is -2.30. The van der Waals surface area contributed by atoms with Crippen molar-refractivity contribution in [1.29, 1.82) is 0 Å². The summed E-state index contributed by atoms with van der Waals surface area (Å²) in [6.45, 7) is 11.9. The predicted octanol–water partition coefficient (Wildman–Crippen LogP) is 2.28. The molecule has 0 radical (unpaired) electrons. The number of alkyl carbamates (subject to hydrolysis) is 1. The molecule has 0 aromatic rings. The van der Waals surface area contributed by atoms with E-state index in [2.05, 4.69) is 11.9 Å². The molecule has 0 aromatic heterocycles. The number of hydrogen-bond acceptors (Lipinski definition) is 5. The molecule has 4 atom stereocenters. The number of hydrogen-bond donors (Lipinski definition) is 1. The summed E-state index contributed by atoms with van der Waals surface area (Å²) >= 11 is 0. The van der Waals surface area contributed by atoms with Crippen LogP contribution in [-0.4, -0.2) is 43.5 Å². The van der Waals surface area contributed by atoms with E-state index in [0.29, 0.717) is 18.8 Å². The van der Waals surface area contributed by atoms with Crippen LogP contribution >= 0.6 is 0 Å². The Labute approximate surface area is 132 Å². The molecule has 6 heteroatoms. The fourth-order valence-electron chi connectivity index (χ4n) is 2.76. The first-order valence-corrected chi connectivity index (χ1v) is 7.60. The highest BCUT2D eigenvalue weighted by atomic mass is 16.7. The first kappa shape index (κ1) is 17.0. The number of amides is 1. The van der Waals surface area contributed by atoms with E-state index in [-0.39, 0.29) is 25.5 Å². The summed E-state index contributed by atoms with van der Waals surface area (Å²) < 4.78 is 16.3. The van der Waals surface area contributed by atoms with Crippen LogP contribution in [0.4, 0.5) is 4.79 Å². The van der Waals surface area contributed by atoms with Gasteiger partial charge in [-0.3, -0.25) is 4.79 Å². The second-order valence-corrected chi connectivity index (χ2v) is 7.06. The van der Waals surface area contributed by atoms with Gasteiger partial charge in [-0.05, 0) is 24.3 Å². The molecule has 0 aromatic carbocycles. The van der Waals surface area contributed by atoms with Gasteiger partial charge in [-0.25, -0.2) is 4.79 Å². The number of ketones is 1. The maximum Gasteiger partial charge on any atom is 0.408 e. The molecular formula is C16H27NO5. The Balaban J connectivity index is 0.00000264. The molecule has 1 amide bonds. The Morgan fingerprint density at radius 2 is 2.05 bits per heavy atom. The van der Waals surface area contributed by atoms with Gasteiger partial charge in [0.25, 0.3) is 0 Å². The number of ether oxygens (including phenoxy) is 3. The van der Waals surface area contributed by atoms with E-state index in [4.69, 9.17) is 14.2 Å². The van der Waals surface area contributed by atoms with E-state index in [1.807, 2.05) is 20.8 Å². The van der Waals surface area contributed by atoms with Gasteiger partial charge < -0.3 is 19.5 Å². The third-order valence-electron chi connectivity index (χ3n) is 4.05. The zero-order valence-corrected chi connectivity index (χ0v) is 13.7. The summed E-state index contributed by atoms with van der Waals surface area (Å²) in [5.74, 6) is -0.107. The Morgan fingerprint density at radius 3 is 2.64 bits per heavy atom. The van der Waals surface area contributed by atoms with Crippen LogP contribution < -0.4 is 5.32 Å². The van der Waals surface area contributed by atoms with Gasteiger partial charge in [-0.15, -0.1) is 0 Å². The van der Waals surface area contributed by atoms with Crippen LogP contribution in [-0.2, 0) is 19.0 Å². The van der Waals surface area contributed by atoms with Crippen molar-refractivity contribution in [3.63, 3.8) is 0 Å². The monoisotopic (exact) mass is 313 g/mol. The molecule has 0 spiro atoms. The van der Waals surface area contributed by atoms with E-state index in [9.17, 15) is 9.59 Å².